The number of carbonyl (C=O) groups excluding carboxylic acids is 1. The van der Waals surface area contributed by atoms with Gasteiger partial charge in [-0.2, -0.15) is 0 Å². The minimum atomic E-state index is 0.269. The molecule has 2 bridgehead atoms. The Morgan fingerprint density at radius 1 is 1.25 bits per heavy atom. The van der Waals surface area contributed by atoms with Crippen molar-refractivity contribution in [2.75, 3.05) is 12.3 Å². The summed E-state index contributed by atoms with van der Waals surface area (Å²) in [5.41, 5.74) is 0. The molecule has 1 amide bonds. The average Bonchev–Trinajstić information content (AvgIpc) is 3.18. The van der Waals surface area contributed by atoms with E-state index < -0.39 is 0 Å². The molecule has 2 fully saturated rings. The monoisotopic (exact) mass is 311 g/mol. The Labute approximate surface area is 130 Å². The molecule has 0 spiro atoms. The highest BCUT2D eigenvalue weighted by atomic mass is 33.1. The van der Waals surface area contributed by atoms with E-state index in [1.807, 2.05) is 21.6 Å². The number of fused-ring (bicyclic) bond motifs is 2. The van der Waals surface area contributed by atoms with Crippen molar-refractivity contribution in [2.24, 2.45) is 17.8 Å². The molecule has 2 nitrogen and oxygen atoms in total. The first-order valence-corrected chi connectivity index (χ1v) is 10.4. The van der Waals surface area contributed by atoms with E-state index in [9.17, 15) is 4.79 Å². The number of allylic oxidation sites excluding steroid dienone is 2. The lowest BCUT2D eigenvalue weighted by Gasteiger charge is -2.18. The highest BCUT2D eigenvalue weighted by molar-refractivity contribution is 8.77. The van der Waals surface area contributed by atoms with E-state index in [1.165, 1.54) is 37.9 Å². The Bertz CT molecular complexity index is 365. The molecule has 4 atom stereocenters. The fourth-order valence-corrected chi connectivity index (χ4v) is 6.71. The summed E-state index contributed by atoms with van der Waals surface area (Å²) in [5, 5.41) is 4.01. The van der Waals surface area contributed by atoms with Crippen molar-refractivity contribution >= 4 is 27.5 Å². The molecule has 0 unspecified atom stereocenters. The third kappa shape index (κ3) is 3.97. The first kappa shape index (κ1) is 14.8. The highest BCUT2D eigenvalue weighted by Gasteiger charge is 2.35. The summed E-state index contributed by atoms with van der Waals surface area (Å²) in [6.07, 6.45) is 13.0. The lowest BCUT2D eigenvalue weighted by Crippen LogP contribution is -2.30. The highest BCUT2D eigenvalue weighted by Crippen LogP contribution is 2.43. The maximum atomic E-state index is 11.9. The van der Waals surface area contributed by atoms with Gasteiger partial charge in [0.05, 0.1) is 0 Å². The first-order chi connectivity index (χ1) is 9.81. The van der Waals surface area contributed by atoms with Gasteiger partial charge in [-0.1, -0.05) is 40.2 Å². The molecule has 0 radical (unpaired) electrons. The number of carbonyl (C=O) groups is 1. The van der Waals surface area contributed by atoms with Crippen molar-refractivity contribution in [1.29, 1.82) is 0 Å². The van der Waals surface area contributed by atoms with Gasteiger partial charge in [0.2, 0.25) is 5.91 Å². The van der Waals surface area contributed by atoms with Gasteiger partial charge in [-0.25, -0.2) is 0 Å². The molecule has 0 aromatic heterocycles. The predicted octanol–water partition coefficient (Wildman–Crippen LogP) is 4.03. The minimum absolute atomic E-state index is 0.269. The molecule has 0 aromatic carbocycles. The van der Waals surface area contributed by atoms with Gasteiger partial charge < -0.3 is 5.32 Å². The van der Waals surface area contributed by atoms with Crippen LogP contribution in [0.5, 0.6) is 0 Å². The molecule has 2 aliphatic carbocycles. The summed E-state index contributed by atoms with van der Waals surface area (Å²) in [6.45, 7) is 0.902. The first-order valence-electron chi connectivity index (χ1n) is 8.04. The number of hydrogen-bond donors (Lipinski definition) is 1. The molecule has 1 saturated heterocycles. The largest absolute Gasteiger partial charge is 0.356 e. The summed E-state index contributed by atoms with van der Waals surface area (Å²) in [7, 11) is 4.05. The lowest BCUT2D eigenvalue weighted by atomic mass is 9.93. The van der Waals surface area contributed by atoms with E-state index in [0.29, 0.717) is 5.92 Å². The van der Waals surface area contributed by atoms with Crippen molar-refractivity contribution in [3.63, 3.8) is 0 Å². The van der Waals surface area contributed by atoms with E-state index in [4.69, 9.17) is 0 Å². The van der Waals surface area contributed by atoms with Crippen LogP contribution < -0.4 is 5.32 Å². The molecular formula is C16H25NOS2. The van der Waals surface area contributed by atoms with Gasteiger partial charge in [0, 0.05) is 24.0 Å². The second kappa shape index (κ2) is 7.26. The van der Waals surface area contributed by atoms with Gasteiger partial charge >= 0.3 is 0 Å². The fourth-order valence-electron chi connectivity index (χ4n) is 3.68. The molecule has 112 valence electrons. The van der Waals surface area contributed by atoms with Gasteiger partial charge in [-0.15, -0.1) is 0 Å². The quantitative estimate of drug-likeness (QED) is 0.437. The van der Waals surface area contributed by atoms with Crippen molar-refractivity contribution < 1.29 is 4.79 Å². The zero-order chi connectivity index (χ0) is 13.8. The second-order valence-corrected chi connectivity index (χ2v) is 9.21. The zero-order valence-electron chi connectivity index (χ0n) is 12.1. The molecule has 3 rings (SSSR count). The molecule has 4 heteroatoms. The Morgan fingerprint density at radius 2 is 2.20 bits per heavy atom. The topological polar surface area (TPSA) is 29.1 Å². The summed E-state index contributed by atoms with van der Waals surface area (Å²) >= 11 is 0. The van der Waals surface area contributed by atoms with Crippen LogP contribution in [0, 0.1) is 17.8 Å². The van der Waals surface area contributed by atoms with Crippen LogP contribution in [0.15, 0.2) is 12.2 Å². The summed E-state index contributed by atoms with van der Waals surface area (Å²) in [6, 6.07) is 0. The summed E-state index contributed by atoms with van der Waals surface area (Å²) in [4.78, 5) is 11.9. The number of hydrogen-bond acceptors (Lipinski definition) is 3. The van der Waals surface area contributed by atoms with Crippen LogP contribution in [-0.4, -0.2) is 23.5 Å². The smallest absolute Gasteiger partial charge is 0.220 e. The van der Waals surface area contributed by atoms with Crippen molar-refractivity contribution in [3.05, 3.63) is 12.2 Å². The zero-order valence-corrected chi connectivity index (χ0v) is 13.7. The van der Waals surface area contributed by atoms with Crippen LogP contribution in [0.4, 0.5) is 0 Å². The molecule has 20 heavy (non-hydrogen) atoms. The molecule has 1 saturated carbocycles. The van der Waals surface area contributed by atoms with Crippen molar-refractivity contribution in [1.82, 2.24) is 5.32 Å². The molecule has 1 N–H and O–H groups in total. The maximum absolute atomic E-state index is 11.9. The molecule has 3 aliphatic rings. The fraction of sp³-hybridized carbons (Fsp3) is 0.812. The number of unbranched alkanes of at least 4 members (excludes halogenated alkanes) is 1. The average molecular weight is 312 g/mol. The minimum Gasteiger partial charge on any atom is -0.356 e. The normalized spacial score (nSPS) is 34.8. The molecule has 1 heterocycles. The third-order valence-corrected chi connectivity index (χ3v) is 7.89. The molecule has 0 aromatic rings. The van der Waals surface area contributed by atoms with E-state index in [1.54, 1.807) is 0 Å². The van der Waals surface area contributed by atoms with Crippen molar-refractivity contribution in [3.8, 4) is 0 Å². The van der Waals surface area contributed by atoms with Gasteiger partial charge in [0.25, 0.3) is 0 Å². The Kier molecular flexibility index (Phi) is 5.38. The van der Waals surface area contributed by atoms with Gasteiger partial charge in [-0.3, -0.25) is 4.79 Å². The number of amides is 1. The second-order valence-electron chi connectivity index (χ2n) is 6.42. The Hall–Kier alpha value is -0.0900. The third-order valence-electron chi connectivity index (χ3n) is 4.89. The van der Waals surface area contributed by atoms with Crippen molar-refractivity contribution in [2.45, 2.75) is 50.2 Å². The van der Waals surface area contributed by atoms with Crippen LogP contribution in [0.2, 0.25) is 0 Å². The van der Waals surface area contributed by atoms with E-state index in [2.05, 4.69) is 17.5 Å². The van der Waals surface area contributed by atoms with Gasteiger partial charge in [0.1, 0.15) is 0 Å². The predicted molar refractivity (Wildman–Crippen MR) is 88.8 cm³/mol. The van der Waals surface area contributed by atoms with Crippen LogP contribution in [0.1, 0.15) is 44.9 Å². The molecular weight excluding hydrogens is 286 g/mol. The Morgan fingerprint density at radius 3 is 2.90 bits per heavy atom. The SMILES string of the molecule is O=C(CCCC[C@@H]1CCSS1)NC[C@H]1C[C@@H]2C=C[C@H]1C2. The van der Waals surface area contributed by atoms with Crippen LogP contribution in [-0.2, 0) is 4.79 Å². The van der Waals surface area contributed by atoms with E-state index in [0.717, 1.165) is 36.5 Å². The maximum Gasteiger partial charge on any atom is 0.220 e. The summed E-state index contributed by atoms with van der Waals surface area (Å²) < 4.78 is 0. The van der Waals surface area contributed by atoms with Gasteiger partial charge in [-0.05, 0) is 49.9 Å². The van der Waals surface area contributed by atoms with Crippen LogP contribution >= 0.6 is 21.6 Å². The lowest BCUT2D eigenvalue weighted by molar-refractivity contribution is -0.121. The number of rotatable bonds is 7. The van der Waals surface area contributed by atoms with E-state index in [-0.39, 0.29) is 5.91 Å². The van der Waals surface area contributed by atoms with E-state index >= 15 is 0 Å². The standard InChI is InChI=1S/C16H25NOS2/c18-16(4-2-1-3-15-7-8-19-20-15)17-11-14-10-12-5-6-13(14)9-12/h5-6,12-15H,1-4,7-11H2,(H,17,18)/t12-,13+,14-,15-/m1/s1. The van der Waals surface area contributed by atoms with Crippen LogP contribution in [0.25, 0.3) is 0 Å². The number of nitrogens with one attached hydrogen (secondary N) is 1. The summed E-state index contributed by atoms with van der Waals surface area (Å²) in [5.74, 6) is 3.85. The van der Waals surface area contributed by atoms with Crippen LogP contribution in [0.3, 0.4) is 0 Å². The van der Waals surface area contributed by atoms with Gasteiger partial charge in [0.15, 0.2) is 0 Å². The molecule has 1 aliphatic heterocycles. The Balaban J connectivity index is 1.23.